The SMILES string of the molecule is COC(=O)N1CCC2(CCC(N(C)Cc3nncn3C)CC2)CC1. The third-order valence-electron chi connectivity index (χ3n) is 6.09. The second kappa shape index (κ2) is 7.09. The molecular formula is C17H29N5O2. The first-order valence-corrected chi connectivity index (χ1v) is 8.89. The number of hydrogen-bond donors (Lipinski definition) is 0. The molecule has 1 saturated carbocycles. The highest BCUT2D eigenvalue weighted by Crippen LogP contribution is 2.45. The van der Waals surface area contributed by atoms with Crippen molar-refractivity contribution in [2.75, 3.05) is 27.2 Å². The zero-order valence-corrected chi connectivity index (χ0v) is 15.1. The summed E-state index contributed by atoms with van der Waals surface area (Å²) in [6.45, 7) is 2.53. The molecule has 1 amide bonds. The van der Waals surface area contributed by atoms with Crippen molar-refractivity contribution in [3.8, 4) is 0 Å². The highest BCUT2D eigenvalue weighted by atomic mass is 16.5. The van der Waals surface area contributed by atoms with Crippen molar-refractivity contribution in [3.05, 3.63) is 12.2 Å². The van der Waals surface area contributed by atoms with Gasteiger partial charge in [-0.2, -0.15) is 0 Å². The van der Waals surface area contributed by atoms with E-state index in [0.717, 1.165) is 38.3 Å². The number of aryl methyl sites for hydroxylation is 1. The molecule has 24 heavy (non-hydrogen) atoms. The van der Waals surface area contributed by atoms with Crippen molar-refractivity contribution in [1.29, 1.82) is 0 Å². The van der Waals surface area contributed by atoms with Crippen LogP contribution in [0.1, 0.15) is 44.3 Å². The third-order valence-corrected chi connectivity index (χ3v) is 6.09. The Labute approximate surface area is 144 Å². The highest BCUT2D eigenvalue weighted by molar-refractivity contribution is 5.67. The van der Waals surface area contributed by atoms with E-state index in [0.29, 0.717) is 11.5 Å². The maximum absolute atomic E-state index is 11.6. The van der Waals surface area contributed by atoms with Gasteiger partial charge in [0, 0.05) is 26.2 Å². The molecular weight excluding hydrogens is 306 g/mol. The topological polar surface area (TPSA) is 63.5 Å². The maximum atomic E-state index is 11.6. The number of amides is 1. The molecule has 0 radical (unpaired) electrons. The molecule has 1 aliphatic carbocycles. The van der Waals surface area contributed by atoms with Gasteiger partial charge in [0.1, 0.15) is 12.2 Å². The summed E-state index contributed by atoms with van der Waals surface area (Å²) in [4.78, 5) is 15.9. The van der Waals surface area contributed by atoms with Crippen LogP contribution in [0.5, 0.6) is 0 Å². The van der Waals surface area contributed by atoms with E-state index in [-0.39, 0.29) is 6.09 Å². The lowest BCUT2D eigenvalue weighted by Gasteiger charge is -2.47. The predicted octanol–water partition coefficient (Wildman–Crippen LogP) is 2.04. The number of methoxy groups -OCH3 is 1. The molecule has 2 heterocycles. The molecule has 0 bridgehead atoms. The van der Waals surface area contributed by atoms with Gasteiger partial charge < -0.3 is 14.2 Å². The van der Waals surface area contributed by atoms with Crippen molar-refractivity contribution in [2.24, 2.45) is 12.5 Å². The first-order valence-electron chi connectivity index (χ1n) is 8.89. The fraction of sp³-hybridized carbons (Fsp3) is 0.824. The van der Waals surface area contributed by atoms with Crippen LogP contribution >= 0.6 is 0 Å². The summed E-state index contributed by atoms with van der Waals surface area (Å²) in [7, 11) is 5.65. The van der Waals surface area contributed by atoms with E-state index in [1.807, 2.05) is 16.5 Å². The molecule has 1 saturated heterocycles. The molecule has 1 aromatic heterocycles. The zero-order chi connectivity index (χ0) is 17.2. The number of hydrogen-bond acceptors (Lipinski definition) is 5. The molecule has 2 aliphatic rings. The Morgan fingerprint density at radius 3 is 2.54 bits per heavy atom. The molecule has 0 aromatic carbocycles. The molecule has 7 heteroatoms. The summed E-state index contributed by atoms with van der Waals surface area (Å²) in [6.07, 6.45) is 8.78. The number of ether oxygens (including phenoxy) is 1. The fourth-order valence-electron chi connectivity index (χ4n) is 4.25. The molecule has 2 fully saturated rings. The van der Waals surface area contributed by atoms with Crippen molar-refractivity contribution in [1.82, 2.24) is 24.6 Å². The van der Waals surface area contributed by atoms with E-state index in [1.54, 1.807) is 6.33 Å². The molecule has 0 atom stereocenters. The molecule has 1 aliphatic heterocycles. The van der Waals surface area contributed by atoms with E-state index in [9.17, 15) is 4.79 Å². The van der Waals surface area contributed by atoms with Gasteiger partial charge >= 0.3 is 6.09 Å². The smallest absolute Gasteiger partial charge is 0.409 e. The Morgan fingerprint density at radius 2 is 2.00 bits per heavy atom. The average Bonchev–Trinajstić information content (AvgIpc) is 3.00. The summed E-state index contributed by atoms with van der Waals surface area (Å²) in [5.41, 5.74) is 0.437. The van der Waals surface area contributed by atoms with Gasteiger partial charge in [0.25, 0.3) is 0 Å². The zero-order valence-electron chi connectivity index (χ0n) is 15.1. The molecule has 3 rings (SSSR count). The summed E-state index contributed by atoms with van der Waals surface area (Å²) in [5, 5.41) is 8.15. The second-order valence-electron chi connectivity index (χ2n) is 7.46. The number of carbonyl (C=O) groups is 1. The van der Waals surface area contributed by atoms with Crippen LogP contribution in [0.25, 0.3) is 0 Å². The van der Waals surface area contributed by atoms with Gasteiger partial charge in [-0.15, -0.1) is 10.2 Å². The van der Waals surface area contributed by atoms with Gasteiger partial charge in [0.05, 0.1) is 13.7 Å². The average molecular weight is 335 g/mol. The maximum Gasteiger partial charge on any atom is 0.409 e. The number of piperidine rings is 1. The fourth-order valence-corrected chi connectivity index (χ4v) is 4.25. The standard InChI is InChI=1S/C17H29N5O2/c1-20(12-15-19-18-13-21(15)2)14-4-6-17(7-5-14)8-10-22(11-9-17)16(23)24-3/h13-14H,4-12H2,1-3H3. The van der Waals surface area contributed by atoms with E-state index in [4.69, 9.17) is 4.74 Å². The van der Waals surface area contributed by atoms with Crippen LogP contribution < -0.4 is 0 Å². The minimum Gasteiger partial charge on any atom is -0.453 e. The van der Waals surface area contributed by atoms with Crippen LogP contribution in [0.3, 0.4) is 0 Å². The van der Waals surface area contributed by atoms with Gasteiger partial charge in [-0.3, -0.25) is 4.90 Å². The first kappa shape index (κ1) is 17.2. The van der Waals surface area contributed by atoms with Crippen LogP contribution in [0.4, 0.5) is 4.79 Å². The lowest BCUT2D eigenvalue weighted by Crippen LogP contribution is -2.46. The van der Waals surface area contributed by atoms with Gasteiger partial charge in [0.2, 0.25) is 0 Å². The van der Waals surface area contributed by atoms with Gasteiger partial charge in [-0.25, -0.2) is 4.79 Å². The lowest BCUT2D eigenvalue weighted by atomic mass is 9.67. The van der Waals surface area contributed by atoms with Crippen molar-refractivity contribution < 1.29 is 9.53 Å². The predicted molar refractivity (Wildman–Crippen MR) is 90.4 cm³/mol. The van der Waals surface area contributed by atoms with Crippen LogP contribution in [0, 0.1) is 5.41 Å². The molecule has 7 nitrogen and oxygen atoms in total. The lowest BCUT2D eigenvalue weighted by molar-refractivity contribution is 0.0336. The number of carbonyl (C=O) groups excluding carboxylic acids is 1. The summed E-state index contributed by atoms with van der Waals surface area (Å²) < 4.78 is 6.83. The minimum absolute atomic E-state index is 0.179. The monoisotopic (exact) mass is 335 g/mol. The summed E-state index contributed by atoms with van der Waals surface area (Å²) in [5.74, 6) is 1.02. The largest absolute Gasteiger partial charge is 0.453 e. The second-order valence-corrected chi connectivity index (χ2v) is 7.46. The van der Waals surface area contributed by atoms with Crippen molar-refractivity contribution in [2.45, 2.75) is 51.1 Å². The number of rotatable bonds is 3. The molecule has 1 spiro atoms. The highest BCUT2D eigenvalue weighted by Gasteiger charge is 2.39. The number of aromatic nitrogens is 3. The van der Waals surface area contributed by atoms with E-state index < -0.39 is 0 Å². The van der Waals surface area contributed by atoms with E-state index in [2.05, 4.69) is 22.1 Å². The molecule has 0 N–H and O–H groups in total. The Hall–Kier alpha value is -1.63. The number of likely N-dealkylation sites (tertiary alicyclic amines) is 1. The number of nitrogens with zero attached hydrogens (tertiary/aromatic N) is 5. The molecule has 0 unspecified atom stereocenters. The Morgan fingerprint density at radius 1 is 1.33 bits per heavy atom. The first-order chi connectivity index (χ1) is 11.5. The molecule has 134 valence electrons. The van der Waals surface area contributed by atoms with Crippen molar-refractivity contribution in [3.63, 3.8) is 0 Å². The minimum atomic E-state index is -0.179. The van der Waals surface area contributed by atoms with E-state index in [1.165, 1.54) is 32.8 Å². The van der Waals surface area contributed by atoms with Crippen LogP contribution in [0.2, 0.25) is 0 Å². The van der Waals surface area contributed by atoms with Crippen LogP contribution in [-0.4, -0.2) is 63.9 Å². The normalized spacial score (nSPS) is 21.4. The third kappa shape index (κ3) is 3.55. The Bertz CT molecular complexity index is 555. The van der Waals surface area contributed by atoms with Gasteiger partial charge in [-0.05, 0) is 51.0 Å². The summed E-state index contributed by atoms with van der Waals surface area (Å²) >= 11 is 0. The van der Waals surface area contributed by atoms with Gasteiger partial charge in [0.15, 0.2) is 0 Å². The molecule has 1 aromatic rings. The van der Waals surface area contributed by atoms with Gasteiger partial charge in [-0.1, -0.05) is 0 Å². The Balaban J connectivity index is 1.49. The quantitative estimate of drug-likeness (QED) is 0.846. The van der Waals surface area contributed by atoms with E-state index >= 15 is 0 Å². The summed E-state index contributed by atoms with van der Waals surface area (Å²) in [6, 6.07) is 0.617. The Kier molecular flexibility index (Phi) is 5.08. The van der Waals surface area contributed by atoms with Crippen LogP contribution in [0.15, 0.2) is 6.33 Å². The van der Waals surface area contributed by atoms with Crippen molar-refractivity contribution >= 4 is 6.09 Å². The van der Waals surface area contributed by atoms with Crippen LogP contribution in [-0.2, 0) is 18.3 Å².